The molecule has 4 aromatic rings. The van der Waals surface area contributed by atoms with Crippen molar-refractivity contribution in [3.8, 4) is 22.8 Å². The van der Waals surface area contributed by atoms with Crippen LogP contribution in [-0.2, 0) is 6.42 Å². The second-order valence-corrected chi connectivity index (χ2v) is 10.4. The van der Waals surface area contributed by atoms with Crippen LogP contribution in [0.4, 0.5) is 23.7 Å². The van der Waals surface area contributed by atoms with E-state index in [4.69, 9.17) is 0 Å². The SMILES string of the molecule is Cc1ccc2c(c1)N1C(=CC2C)CN=C1NC(=O)NCCc1ccc(-c2ncn(-c3ccc(OC(F)(F)F)cc3)n2)cc1. The molecule has 2 amide bonds. The molecule has 1 atom stereocenters. The van der Waals surface area contributed by atoms with Gasteiger partial charge in [-0.15, -0.1) is 18.3 Å². The Bertz CT molecular complexity index is 1710. The Hall–Kier alpha value is -5.13. The number of carbonyl (C=O) groups is 1. The van der Waals surface area contributed by atoms with E-state index in [1.165, 1.54) is 40.8 Å². The number of ether oxygens (including phenoxy) is 1. The smallest absolute Gasteiger partial charge is 0.406 e. The van der Waals surface area contributed by atoms with E-state index in [1.54, 1.807) is 0 Å². The fraction of sp³-hybridized carbons (Fsp3) is 0.226. The van der Waals surface area contributed by atoms with Crippen molar-refractivity contribution in [2.24, 2.45) is 4.99 Å². The van der Waals surface area contributed by atoms with Crippen molar-refractivity contribution >= 4 is 17.7 Å². The maximum absolute atomic E-state index is 12.7. The van der Waals surface area contributed by atoms with Crippen LogP contribution < -0.4 is 20.3 Å². The molecule has 0 fully saturated rings. The normalized spacial score (nSPS) is 15.7. The molecular weight excluding hydrogens is 559 g/mol. The number of rotatable bonds is 6. The molecule has 1 unspecified atom stereocenters. The first-order valence-electron chi connectivity index (χ1n) is 13.7. The Labute approximate surface area is 245 Å². The van der Waals surface area contributed by atoms with Gasteiger partial charge in [-0.25, -0.2) is 19.5 Å². The number of aryl methyl sites for hydroxylation is 1. The van der Waals surface area contributed by atoms with E-state index in [-0.39, 0.29) is 17.7 Å². The van der Waals surface area contributed by atoms with E-state index in [1.807, 2.05) is 29.2 Å². The zero-order valence-corrected chi connectivity index (χ0v) is 23.4. The van der Waals surface area contributed by atoms with Crippen molar-refractivity contribution in [2.45, 2.75) is 32.5 Å². The summed E-state index contributed by atoms with van der Waals surface area (Å²) in [7, 11) is 0. The molecule has 3 heterocycles. The van der Waals surface area contributed by atoms with Crippen LogP contribution in [-0.4, -0.2) is 46.2 Å². The van der Waals surface area contributed by atoms with Crippen LogP contribution in [0.5, 0.6) is 5.75 Å². The number of nitrogens with one attached hydrogen (secondary N) is 2. The number of benzene rings is 3. The van der Waals surface area contributed by atoms with Gasteiger partial charge in [0, 0.05) is 23.7 Å². The molecule has 0 saturated heterocycles. The molecule has 220 valence electrons. The van der Waals surface area contributed by atoms with Crippen LogP contribution in [0.3, 0.4) is 0 Å². The molecule has 0 spiro atoms. The third-order valence-corrected chi connectivity index (χ3v) is 7.21. The Morgan fingerprint density at radius 3 is 2.58 bits per heavy atom. The largest absolute Gasteiger partial charge is 0.573 e. The molecule has 0 aliphatic carbocycles. The fourth-order valence-corrected chi connectivity index (χ4v) is 5.14. The van der Waals surface area contributed by atoms with Crippen LogP contribution in [0.15, 0.2) is 89.8 Å². The van der Waals surface area contributed by atoms with Gasteiger partial charge in [-0.3, -0.25) is 10.2 Å². The van der Waals surface area contributed by atoms with Gasteiger partial charge in [0.15, 0.2) is 5.82 Å². The predicted octanol–water partition coefficient (Wildman–Crippen LogP) is 5.86. The number of aromatic nitrogens is 3. The van der Waals surface area contributed by atoms with E-state index in [2.05, 4.69) is 68.6 Å². The lowest BCUT2D eigenvalue weighted by Crippen LogP contribution is -2.47. The van der Waals surface area contributed by atoms with Crippen molar-refractivity contribution < 1.29 is 22.7 Å². The molecule has 3 aromatic carbocycles. The summed E-state index contributed by atoms with van der Waals surface area (Å²) >= 11 is 0. The van der Waals surface area contributed by atoms with Crippen molar-refractivity contribution in [1.82, 2.24) is 25.4 Å². The summed E-state index contributed by atoms with van der Waals surface area (Å²) in [6, 6.07) is 19.0. The van der Waals surface area contributed by atoms with Crippen LogP contribution in [0.2, 0.25) is 0 Å². The number of anilines is 1. The van der Waals surface area contributed by atoms with Gasteiger partial charge in [-0.05, 0) is 60.4 Å². The lowest BCUT2D eigenvalue weighted by Gasteiger charge is -2.31. The van der Waals surface area contributed by atoms with Gasteiger partial charge in [-0.1, -0.05) is 49.4 Å². The zero-order chi connectivity index (χ0) is 30.1. The topological polar surface area (TPSA) is 96.7 Å². The van der Waals surface area contributed by atoms with E-state index in [0.29, 0.717) is 37.0 Å². The first-order valence-corrected chi connectivity index (χ1v) is 13.7. The Balaban J connectivity index is 1.02. The summed E-state index contributed by atoms with van der Waals surface area (Å²) in [5, 5.41) is 10.2. The number of guanidine groups is 1. The third-order valence-electron chi connectivity index (χ3n) is 7.21. The number of halogens is 3. The number of alkyl halides is 3. The number of hydrogen-bond acceptors (Lipinski definition) is 6. The first kappa shape index (κ1) is 28.0. The number of aliphatic imine (C=N–C) groups is 1. The third kappa shape index (κ3) is 6.22. The van der Waals surface area contributed by atoms with Gasteiger partial charge in [0.2, 0.25) is 5.96 Å². The van der Waals surface area contributed by atoms with E-state index < -0.39 is 6.36 Å². The Morgan fingerprint density at radius 1 is 1.07 bits per heavy atom. The van der Waals surface area contributed by atoms with Crippen molar-refractivity contribution in [3.63, 3.8) is 0 Å². The number of nitrogens with zero attached hydrogens (tertiary/aromatic N) is 5. The number of carbonyl (C=O) groups excluding carboxylic acids is 1. The van der Waals surface area contributed by atoms with Crippen molar-refractivity contribution in [2.75, 3.05) is 18.0 Å². The highest BCUT2D eigenvalue weighted by atomic mass is 19.4. The van der Waals surface area contributed by atoms with Crippen LogP contribution in [0, 0.1) is 6.92 Å². The molecule has 2 N–H and O–H groups in total. The molecule has 9 nitrogen and oxygen atoms in total. The van der Waals surface area contributed by atoms with E-state index >= 15 is 0 Å². The molecule has 0 radical (unpaired) electrons. The Morgan fingerprint density at radius 2 is 1.84 bits per heavy atom. The number of urea groups is 1. The molecule has 6 rings (SSSR count). The minimum atomic E-state index is -4.75. The highest BCUT2D eigenvalue weighted by Crippen LogP contribution is 2.39. The van der Waals surface area contributed by atoms with Gasteiger partial charge < -0.3 is 10.1 Å². The summed E-state index contributed by atoms with van der Waals surface area (Å²) in [6.07, 6.45) is -0.458. The summed E-state index contributed by atoms with van der Waals surface area (Å²) in [6.45, 7) is 5.16. The average Bonchev–Trinajstić information content (AvgIpc) is 3.61. The van der Waals surface area contributed by atoms with Gasteiger partial charge in [0.25, 0.3) is 0 Å². The molecule has 43 heavy (non-hydrogen) atoms. The second kappa shape index (κ2) is 11.3. The molecule has 1 aromatic heterocycles. The van der Waals surface area contributed by atoms with Crippen molar-refractivity contribution in [1.29, 1.82) is 0 Å². The van der Waals surface area contributed by atoms with Crippen LogP contribution in [0.1, 0.15) is 29.5 Å². The van der Waals surface area contributed by atoms with Crippen molar-refractivity contribution in [3.05, 3.63) is 102 Å². The van der Waals surface area contributed by atoms with Gasteiger partial charge in [0.1, 0.15) is 12.1 Å². The standard InChI is InChI=1S/C31H28F3N7O2/c1-19-3-12-26-20(2)16-24-17-36-29(41(24)27(26)15-19)38-30(42)35-14-13-21-4-6-22(7-5-21)28-37-18-40(39-28)23-8-10-25(11-9-23)43-31(32,33)34/h3-12,15-16,18,20H,13-14,17H2,1-2H3,(H2,35,36,38,42). The first-order chi connectivity index (χ1) is 20.6. The number of allylic oxidation sites excluding steroid dienone is 1. The highest BCUT2D eigenvalue weighted by Gasteiger charge is 2.32. The fourth-order valence-electron chi connectivity index (χ4n) is 5.14. The maximum Gasteiger partial charge on any atom is 0.573 e. The number of hydrogen-bond donors (Lipinski definition) is 2. The van der Waals surface area contributed by atoms with Crippen LogP contribution in [0.25, 0.3) is 17.1 Å². The monoisotopic (exact) mass is 587 g/mol. The van der Waals surface area contributed by atoms with Crippen LogP contribution >= 0.6 is 0 Å². The van der Waals surface area contributed by atoms with Gasteiger partial charge >= 0.3 is 12.4 Å². The predicted molar refractivity (Wildman–Crippen MR) is 156 cm³/mol. The Kier molecular flexibility index (Phi) is 7.34. The average molecular weight is 588 g/mol. The lowest BCUT2D eigenvalue weighted by molar-refractivity contribution is -0.274. The molecule has 2 aliphatic rings. The number of amides is 2. The minimum Gasteiger partial charge on any atom is -0.406 e. The molecule has 12 heteroatoms. The molecule has 0 saturated carbocycles. The van der Waals surface area contributed by atoms with Gasteiger partial charge in [-0.2, -0.15) is 0 Å². The summed E-state index contributed by atoms with van der Waals surface area (Å²) in [5.74, 6) is 0.958. The molecular formula is C31H28F3N7O2. The number of fused-ring (bicyclic) bond motifs is 3. The molecule has 2 aliphatic heterocycles. The maximum atomic E-state index is 12.7. The summed E-state index contributed by atoms with van der Waals surface area (Å²) < 4.78 is 42.6. The minimum absolute atomic E-state index is 0.283. The quantitative estimate of drug-likeness (QED) is 0.295. The highest BCUT2D eigenvalue weighted by molar-refractivity contribution is 6.09. The lowest BCUT2D eigenvalue weighted by atomic mass is 9.92. The molecule has 0 bridgehead atoms. The van der Waals surface area contributed by atoms with E-state index in [9.17, 15) is 18.0 Å². The summed E-state index contributed by atoms with van der Waals surface area (Å²) in [4.78, 5) is 23.6. The van der Waals surface area contributed by atoms with Gasteiger partial charge in [0.05, 0.1) is 17.9 Å². The second-order valence-electron chi connectivity index (χ2n) is 10.4. The summed E-state index contributed by atoms with van der Waals surface area (Å²) in [5.41, 5.74) is 6.79. The zero-order valence-electron chi connectivity index (χ0n) is 23.4. The van der Waals surface area contributed by atoms with E-state index in [0.717, 1.165) is 28.1 Å².